The molecule has 0 saturated heterocycles. The molecule has 8 heteroatoms. The number of hydrogen-bond donors (Lipinski definition) is 0. The molecular formula is C21H28FNO4S2. The Hall–Kier alpha value is -2.06. The van der Waals surface area contributed by atoms with Crippen LogP contribution in [0.15, 0.2) is 35.7 Å². The first-order valence-electron chi connectivity index (χ1n) is 9.18. The molecule has 0 aliphatic carbocycles. The SMILES string of the molecule is CN(CCC(Oc1cc(F)ccc1C=O)c1cccs1)C(=O)OCCS(C)(C)C. The fraction of sp³-hybridized carbons (Fsp3) is 0.429. The van der Waals surface area contributed by atoms with Crippen LogP contribution >= 0.6 is 21.4 Å². The second-order valence-electron chi connectivity index (χ2n) is 7.54. The van der Waals surface area contributed by atoms with Crippen LogP contribution in [0.5, 0.6) is 5.75 Å². The van der Waals surface area contributed by atoms with Crippen molar-refractivity contribution >= 4 is 33.7 Å². The number of rotatable bonds is 10. The van der Waals surface area contributed by atoms with Crippen molar-refractivity contribution in [3.8, 4) is 5.75 Å². The van der Waals surface area contributed by atoms with E-state index in [1.165, 1.54) is 34.4 Å². The third-order valence-electron chi connectivity index (χ3n) is 4.19. The summed E-state index contributed by atoms with van der Waals surface area (Å²) in [5, 5.41) is 1.92. The van der Waals surface area contributed by atoms with Gasteiger partial charge in [-0.2, -0.15) is 0 Å². The summed E-state index contributed by atoms with van der Waals surface area (Å²) in [6.45, 7) is 0.800. The van der Waals surface area contributed by atoms with Crippen LogP contribution < -0.4 is 4.74 Å². The molecule has 1 unspecified atom stereocenters. The molecule has 2 aromatic rings. The Bertz CT molecular complexity index is 806. The Morgan fingerprint density at radius 1 is 1.31 bits per heavy atom. The lowest BCUT2D eigenvalue weighted by molar-refractivity contribution is 0.108. The van der Waals surface area contributed by atoms with Gasteiger partial charge in [-0.05, 0) is 42.3 Å². The van der Waals surface area contributed by atoms with Crippen LogP contribution in [0.25, 0.3) is 0 Å². The standard InChI is InChI=1S/C21H28FNO4S2/c1-23(21(25)26-11-13-29(2,3)4)10-9-18(20-6-5-12-28-20)27-19-14-17(22)8-7-16(19)15-24/h5-8,12,14-15,18H,9-11,13H2,1-4H3. The maximum atomic E-state index is 13.6. The van der Waals surface area contributed by atoms with E-state index in [1.54, 1.807) is 7.05 Å². The van der Waals surface area contributed by atoms with Crippen LogP contribution in [0.3, 0.4) is 0 Å². The van der Waals surface area contributed by atoms with E-state index in [0.717, 1.165) is 10.6 Å². The molecule has 0 bridgehead atoms. The van der Waals surface area contributed by atoms with Crippen LogP contribution in [0.1, 0.15) is 27.8 Å². The monoisotopic (exact) mass is 441 g/mol. The zero-order valence-electron chi connectivity index (χ0n) is 17.2. The van der Waals surface area contributed by atoms with E-state index in [2.05, 4.69) is 18.8 Å². The number of nitrogens with zero attached hydrogens (tertiary/aromatic N) is 1. The third-order valence-corrected chi connectivity index (χ3v) is 6.55. The second-order valence-corrected chi connectivity index (χ2v) is 13.1. The van der Waals surface area contributed by atoms with Gasteiger partial charge in [0.25, 0.3) is 0 Å². The number of thiophene rings is 1. The van der Waals surface area contributed by atoms with Crippen LogP contribution in [-0.2, 0) is 4.74 Å². The predicted molar refractivity (Wildman–Crippen MR) is 118 cm³/mol. The van der Waals surface area contributed by atoms with Gasteiger partial charge in [0.2, 0.25) is 0 Å². The second kappa shape index (κ2) is 10.6. The lowest BCUT2D eigenvalue weighted by Crippen LogP contribution is -2.31. The molecule has 0 fully saturated rings. The van der Waals surface area contributed by atoms with Crippen molar-refractivity contribution in [3.05, 3.63) is 52.0 Å². The van der Waals surface area contributed by atoms with Gasteiger partial charge in [0.15, 0.2) is 6.29 Å². The summed E-state index contributed by atoms with van der Waals surface area (Å²) >= 11 is 1.51. The largest absolute Gasteiger partial charge is 0.484 e. The van der Waals surface area contributed by atoms with Crippen LogP contribution in [0, 0.1) is 5.82 Å². The molecule has 1 amide bonds. The predicted octanol–water partition coefficient (Wildman–Crippen LogP) is 4.97. The minimum atomic E-state index is -0.719. The van der Waals surface area contributed by atoms with Crippen LogP contribution in [0.2, 0.25) is 0 Å². The van der Waals surface area contributed by atoms with Crippen molar-refractivity contribution in [1.29, 1.82) is 0 Å². The molecule has 1 heterocycles. The molecule has 0 spiro atoms. The van der Waals surface area contributed by atoms with Gasteiger partial charge in [-0.3, -0.25) is 4.79 Å². The first-order chi connectivity index (χ1) is 13.7. The highest BCUT2D eigenvalue weighted by molar-refractivity contribution is 8.32. The van der Waals surface area contributed by atoms with Crippen molar-refractivity contribution in [1.82, 2.24) is 4.90 Å². The number of aldehydes is 1. The molecule has 1 aromatic carbocycles. The lowest BCUT2D eigenvalue weighted by Gasteiger charge is -2.26. The van der Waals surface area contributed by atoms with Gasteiger partial charge in [0.05, 0.1) is 5.56 Å². The van der Waals surface area contributed by atoms with Gasteiger partial charge in [-0.15, -0.1) is 11.3 Å². The summed E-state index contributed by atoms with van der Waals surface area (Å²) in [7, 11) is 0.958. The van der Waals surface area contributed by atoms with Crippen LogP contribution in [-0.4, -0.2) is 62.0 Å². The number of halogens is 1. The number of carbonyl (C=O) groups is 2. The van der Waals surface area contributed by atoms with Gasteiger partial charge in [0.1, 0.15) is 24.3 Å². The third kappa shape index (κ3) is 7.70. The topological polar surface area (TPSA) is 55.8 Å². The van der Waals surface area contributed by atoms with E-state index in [9.17, 15) is 14.0 Å². The van der Waals surface area contributed by atoms with Crippen LogP contribution in [0.4, 0.5) is 9.18 Å². The first-order valence-corrected chi connectivity index (χ1v) is 13.1. The molecule has 1 atom stereocenters. The van der Waals surface area contributed by atoms with Crippen molar-refractivity contribution in [3.63, 3.8) is 0 Å². The minimum absolute atomic E-state index is 0.191. The van der Waals surface area contributed by atoms with Crippen molar-refractivity contribution in [2.24, 2.45) is 0 Å². The number of benzene rings is 1. The molecule has 0 N–H and O–H groups in total. The summed E-state index contributed by atoms with van der Waals surface area (Å²) in [6.07, 6.45) is 6.85. The highest BCUT2D eigenvalue weighted by Crippen LogP contribution is 2.33. The molecule has 0 aliphatic rings. The van der Waals surface area contributed by atoms with E-state index in [4.69, 9.17) is 9.47 Å². The Labute approximate surface area is 177 Å². The molecule has 1 aromatic heterocycles. The quantitative estimate of drug-likeness (QED) is 0.489. The molecule has 0 saturated carbocycles. The van der Waals surface area contributed by atoms with E-state index in [1.807, 2.05) is 17.5 Å². The van der Waals surface area contributed by atoms with E-state index in [-0.39, 0.29) is 17.4 Å². The summed E-state index contributed by atoms with van der Waals surface area (Å²) < 4.78 is 25.0. The van der Waals surface area contributed by atoms with E-state index in [0.29, 0.717) is 25.9 Å². The summed E-state index contributed by atoms with van der Waals surface area (Å²) in [4.78, 5) is 25.9. The lowest BCUT2D eigenvalue weighted by atomic mass is 10.1. The summed E-state index contributed by atoms with van der Waals surface area (Å²) in [6, 6.07) is 7.63. The fourth-order valence-electron chi connectivity index (χ4n) is 2.49. The van der Waals surface area contributed by atoms with Gasteiger partial charge >= 0.3 is 6.09 Å². The van der Waals surface area contributed by atoms with E-state index >= 15 is 0 Å². The molecule has 2 rings (SSSR count). The number of amides is 1. The first kappa shape index (κ1) is 23.2. The van der Waals surface area contributed by atoms with Gasteiger partial charge in [-0.1, -0.05) is 6.07 Å². The zero-order chi connectivity index (χ0) is 21.4. The van der Waals surface area contributed by atoms with E-state index < -0.39 is 21.9 Å². The zero-order valence-corrected chi connectivity index (χ0v) is 18.9. The number of ether oxygens (including phenoxy) is 2. The average molecular weight is 442 g/mol. The molecule has 160 valence electrons. The number of carbonyl (C=O) groups excluding carboxylic acids is 2. The normalized spacial score (nSPS) is 12.9. The highest BCUT2D eigenvalue weighted by atomic mass is 32.3. The average Bonchev–Trinajstić information content (AvgIpc) is 3.18. The van der Waals surface area contributed by atoms with Crippen molar-refractivity contribution in [2.45, 2.75) is 12.5 Å². The van der Waals surface area contributed by atoms with Crippen molar-refractivity contribution in [2.75, 3.05) is 44.7 Å². The fourth-order valence-corrected chi connectivity index (χ4v) is 3.86. The molecular weight excluding hydrogens is 413 g/mol. The summed E-state index contributed by atoms with van der Waals surface area (Å²) in [5.41, 5.74) is 0.283. The molecule has 0 radical (unpaired) electrons. The van der Waals surface area contributed by atoms with Gasteiger partial charge < -0.3 is 14.4 Å². The smallest absolute Gasteiger partial charge is 0.409 e. The Balaban J connectivity index is 2.00. The maximum absolute atomic E-state index is 13.6. The summed E-state index contributed by atoms with van der Waals surface area (Å²) in [5.74, 6) is 0.579. The van der Waals surface area contributed by atoms with Crippen molar-refractivity contribution < 1.29 is 23.5 Å². The molecule has 29 heavy (non-hydrogen) atoms. The minimum Gasteiger partial charge on any atom is -0.484 e. The highest BCUT2D eigenvalue weighted by Gasteiger charge is 2.20. The Morgan fingerprint density at radius 3 is 2.69 bits per heavy atom. The maximum Gasteiger partial charge on any atom is 0.409 e. The van der Waals surface area contributed by atoms with Gasteiger partial charge in [-0.25, -0.2) is 19.2 Å². The van der Waals surface area contributed by atoms with Gasteiger partial charge in [0, 0.05) is 36.7 Å². The Kier molecular flexibility index (Phi) is 8.52. The Morgan fingerprint density at radius 2 is 2.07 bits per heavy atom. The molecule has 5 nitrogen and oxygen atoms in total. The molecule has 0 aliphatic heterocycles. The number of hydrogen-bond acceptors (Lipinski definition) is 5.